The van der Waals surface area contributed by atoms with Crippen LogP contribution in [0.25, 0.3) is 11.4 Å². The first-order valence-corrected chi connectivity index (χ1v) is 5.77. The van der Waals surface area contributed by atoms with Gasteiger partial charge in [0.2, 0.25) is 11.7 Å². The minimum atomic E-state index is -0.214. The lowest BCUT2D eigenvalue weighted by molar-refractivity contribution is 0.312. The van der Waals surface area contributed by atoms with Crippen molar-refractivity contribution >= 4 is 0 Å². The first kappa shape index (κ1) is 11.9. The molecule has 2 atom stereocenters. The van der Waals surface area contributed by atoms with E-state index >= 15 is 0 Å². The van der Waals surface area contributed by atoms with Crippen LogP contribution in [-0.2, 0) is 0 Å². The normalized spacial score (nSPS) is 14.8. The lowest BCUT2D eigenvalue weighted by Gasteiger charge is -2.12. The molecule has 0 aliphatic heterocycles. The minimum absolute atomic E-state index is 0.214. The summed E-state index contributed by atoms with van der Waals surface area (Å²) in [6.45, 7) is 6.01. The Kier molecular flexibility index (Phi) is 3.28. The Morgan fingerprint density at radius 3 is 2.82 bits per heavy atom. The summed E-state index contributed by atoms with van der Waals surface area (Å²) in [7, 11) is 0. The summed E-state index contributed by atoms with van der Waals surface area (Å²) in [4.78, 5) is 4.32. The topological polar surface area (TPSA) is 78.1 Å². The fraction of sp³-hybridized carbons (Fsp3) is 0.500. The van der Waals surface area contributed by atoms with E-state index in [1.807, 2.05) is 13.0 Å². The van der Waals surface area contributed by atoms with Crippen LogP contribution in [0.1, 0.15) is 38.0 Å². The van der Waals surface area contributed by atoms with Gasteiger partial charge in [-0.25, -0.2) is 0 Å². The minimum Gasteiger partial charge on any atom is -0.469 e. The molecule has 0 bridgehead atoms. The third-order valence-electron chi connectivity index (χ3n) is 3.08. The molecule has 0 saturated carbocycles. The summed E-state index contributed by atoms with van der Waals surface area (Å²) >= 11 is 0. The van der Waals surface area contributed by atoms with E-state index < -0.39 is 0 Å². The Labute approximate surface area is 100.0 Å². The van der Waals surface area contributed by atoms with Crippen LogP contribution in [0, 0.1) is 12.8 Å². The standard InChI is InChI=1S/C12H17N3O2/c1-4-7(2)10(13)12-14-11(15-17-12)9-5-6-16-8(9)3/h5-7,10H,4,13H2,1-3H3. The van der Waals surface area contributed by atoms with Crippen molar-refractivity contribution in [3.8, 4) is 11.4 Å². The van der Waals surface area contributed by atoms with Crippen molar-refractivity contribution in [1.82, 2.24) is 10.1 Å². The van der Waals surface area contributed by atoms with Gasteiger partial charge >= 0.3 is 0 Å². The van der Waals surface area contributed by atoms with Crippen LogP contribution < -0.4 is 5.73 Å². The van der Waals surface area contributed by atoms with Gasteiger partial charge in [0.1, 0.15) is 5.76 Å². The van der Waals surface area contributed by atoms with Gasteiger partial charge in [0.05, 0.1) is 17.9 Å². The molecule has 17 heavy (non-hydrogen) atoms. The third-order valence-corrected chi connectivity index (χ3v) is 3.08. The molecular weight excluding hydrogens is 218 g/mol. The molecule has 0 fully saturated rings. The van der Waals surface area contributed by atoms with Crippen molar-refractivity contribution in [2.24, 2.45) is 11.7 Å². The van der Waals surface area contributed by atoms with Crippen LogP contribution >= 0.6 is 0 Å². The highest BCUT2D eigenvalue weighted by Gasteiger charge is 2.21. The Hall–Kier alpha value is -1.62. The van der Waals surface area contributed by atoms with Gasteiger partial charge in [0.15, 0.2) is 0 Å². The number of hydrogen-bond donors (Lipinski definition) is 1. The number of hydrogen-bond acceptors (Lipinski definition) is 5. The zero-order chi connectivity index (χ0) is 12.4. The van der Waals surface area contributed by atoms with Crippen LogP contribution in [0.5, 0.6) is 0 Å². The molecule has 2 aromatic rings. The summed E-state index contributed by atoms with van der Waals surface area (Å²) in [6.07, 6.45) is 2.58. The number of nitrogens with zero attached hydrogens (tertiary/aromatic N) is 2. The molecule has 2 aromatic heterocycles. The highest BCUT2D eigenvalue weighted by molar-refractivity contribution is 5.56. The van der Waals surface area contributed by atoms with Gasteiger partial charge in [-0.15, -0.1) is 0 Å². The van der Waals surface area contributed by atoms with Gasteiger partial charge in [-0.3, -0.25) is 0 Å². The van der Waals surface area contributed by atoms with E-state index in [0.29, 0.717) is 17.6 Å². The zero-order valence-electron chi connectivity index (χ0n) is 10.3. The quantitative estimate of drug-likeness (QED) is 0.881. The van der Waals surface area contributed by atoms with E-state index in [-0.39, 0.29) is 6.04 Å². The molecule has 5 heteroatoms. The summed E-state index contributed by atoms with van der Waals surface area (Å²) in [6, 6.07) is 1.60. The maximum atomic E-state index is 6.03. The van der Waals surface area contributed by atoms with E-state index in [4.69, 9.17) is 14.7 Å². The summed E-state index contributed by atoms with van der Waals surface area (Å²) < 4.78 is 10.4. The molecule has 0 aromatic carbocycles. The van der Waals surface area contributed by atoms with Crippen LogP contribution in [0.15, 0.2) is 21.3 Å². The van der Waals surface area contributed by atoms with Gasteiger partial charge in [0.25, 0.3) is 0 Å². The Morgan fingerprint density at radius 2 is 2.24 bits per heavy atom. The maximum absolute atomic E-state index is 6.03. The summed E-state index contributed by atoms with van der Waals surface area (Å²) in [5.41, 5.74) is 6.88. The van der Waals surface area contributed by atoms with Crippen molar-refractivity contribution in [3.63, 3.8) is 0 Å². The number of aryl methyl sites for hydroxylation is 1. The molecule has 5 nitrogen and oxygen atoms in total. The van der Waals surface area contributed by atoms with Crippen LogP contribution in [0.4, 0.5) is 0 Å². The van der Waals surface area contributed by atoms with Crippen molar-refractivity contribution < 1.29 is 8.94 Å². The van der Waals surface area contributed by atoms with E-state index in [9.17, 15) is 0 Å². The fourth-order valence-electron chi connectivity index (χ4n) is 1.59. The van der Waals surface area contributed by atoms with Gasteiger partial charge in [0, 0.05) is 0 Å². The van der Waals surface area contributed by atoms with E-state index in [1.165, 1.54) is 0 Å². The van der Waals surface area contributed by atoms with E-state index in [2.05, 4.69) is 24.0 Å². The van der Waals surface area contributed by atoms with Crippen molar-refractivity contribution in [2.75, 3.05) is 0 Å². The van der Waals surface area contributed by atoms with E-state index in [0.717, 1.165) is 17.7 Å². The monoisotopic (exact) mass is 235 g/mol. The molecule has 2 unspecified atom stereocenters. The Bertz CT molecular complexity index is 489. The number of nitrogens with two attached hydrogens (primary N) is 1. The lowest BCUT2D eigenvalue weighted by Crippen LogP contribution is -2.18. The molecule has 0 amide bonds. The van der Waals surface area contributed by atoms with E-state index in [1.54, 1.807) is 6.26 Å². The van der Waals surface area contributed by atoms with Crippen molar-refractivity contribution in [3.05, 3.63) is 24.0 Å². The van der Waals surface area contributed by atoms with Gasteiger partial charge < -0.3 is 14.7 Å². The molecule has 2 rings (SSSR count). The number of rotatable bonds is 4. The highest BCUT2D eigenvalue weighted by atomic mass is 16.5. The maximum Gasteiger partial charge on any atom is 0.244 e. The summed E-state index contributed by atoms with van der Waals surface area (Å²) in [5.74, 6) is 2.10. The predicted molar refractivity (Wildman–Crippen MR) is 63.1 cm³/mol. The smallest absolute Gasteiger partial charge is 0.244 e. The average molecular weight is 235 g/mol. The van der Waals surface area contributed by atoms with Crippen molar-refractivity contribution in [2.45, 2.75) is 33.2 Å². The van der Waals surface area contributed by atoms with Crippen molar-refractivity contribution in [1.29, 1.82) is 0 Å². The zero-order valence-corrected chi connectivity index (χ0v) is 10.3. The van der Waals surface area contributed by atoms with Crippen LogP contribution in [0.2, 0.25) is 0 Å². The predicted octanol–water partition coefficient (Wildman–Crippen LogP) is 2.68. The second-order valence-electron chi connectivity index (χ2n) is 4.26. The molecule has 2 N–H and O–H groups in total. The third kappa shape index (κ3) is 2.24. The number of furan rings is 1. The van der Waals surface area contributed by atoms with Gasteiger partial charge in [-0.05, 0) is 18.9 Å². The molecule has 0 saturated heterocycles. The molecular formula is C12H17N3O2. The second kappa shape index (κ2) is 4.71. The molecule has 0 spiro atoms. The SMILES string of the molecule is CCC(C)C(N)c1nc(-c2ccoc2C)no1. The Balaban J connectivity index is 2.25. The molecule has 0 aliphatic carbocycles. The fourth-order valence-corrected chi connectivity index (χ4v) is 1.59. The average Bonchev–Trinajstić information content (AvgIpc) is 2.95. The first-order chi connectivity index (χ1) is 8.13. The van der Waals surface area contributed by atoms with Crippen LogP contribution in [0.3, 0.4) is 0 Å². The molecule has 92 valence electrons. The molecule has 2 heterocycles. The van der Waals surface area contributed by atoms with Gasteiger partial charge in [-0.1, -0.05) is 25.4 Å². The first-order valence-electron chi connectivity index (χ1n) is 5.77. The second-order valence-corrected chi connectivity index (χ2v) is 4.26. The molecule has 0 radical (unpaired) electrons. The molecule has 0 aliphatic rings. The van der Waals surface area contributed by atoms with Gasteiger partial charge in [-0.2, -0.15) is 4.98 Å². The van der Waals surface area contributed by atoms with Crippen LogP contribution in [-0.4, -0.2) is 10.1 Å². The number of aromatic nitrogens is 2. The largest absolute Gasteiger partial charge is 0.469 e. The Morgan fingerprint density at radius 1 is 1.47 bits per heavy atom. The lowest BCUT2D eigenvalue weighted by atomic mass is 10.0. The summed E-state index contributed by atoms with van der Waals surface area (Å²) in [5, 5.41) is 3.93. The highest BCUT2D eigenvalue weighted by Crippen LogP contribution is 2.25.